The van der Waals surface area contributed by atoms with Crippen molar-refractivity contribution in [3.63, 3.8) is 0 Å². The number of aliphatic hydroxyl groups excluding tert-OH is 2. The summed E-state index contributed by atoms with van der Waals surface area (Å²) in [6, 6.07) is 7.00. The van der Waals surface area contributed by atoms with Gasteiger partial charge in [0.2, 0.25) is 17.7 Å². The smallest absolute Gasteiger partial charge is 0.390 e. The van der Waals surface area contributed by atoms with Gasteiger partial charge in [-0.25, -0.2) is 0 Å². The van der Waals surface area contributed by atoms with Gasteiger partial charge < -0.3 is 25.7 Å². The van der Waals surface area contributed by atoms with Crippen LogP contribution in [0.3, 0.4) is 0 Å². The van der Waals surface area contributed by atoms with E-state index in [1.165, 1.54) is 19.0 Å². The number of aliphatic hydroxyl groups is 2. The molecule has 12 heteroatoms. The third-order valence-electron chi connectivity index (χ3n) is 8.79. The number of hydrogen-bond donors (Lipinski definition) is 4. The van der Waals surface area contributed by atoms with Crippen LogP contribution in [0.1, 0.15) is 69.8 Å². The van der Waals surface area contributed by atoms with E-state index >= 15 is 0 Å². The van der Waals surface area contributed by atoms with Crippen molar-refractivity contribution < 1.29 is 37.8 Å². The molecule has 48 heavy (non-hydrogen) atoms. The molecule has 1 fully saturated rings. The molecule has 3 amide bonds. The molecule has 9 nitrogen and oxygen atoms in total. The van der Waals surface area contributed by atoms with E-state index in [4.69, 9.17) is 12.8 Å². The summed E-state index contributed by atoms with van der Waals surface area (Å²) >= 11 is 0. The van der Waals surface area contributed by atoms with Crippen LogP contribution in [-0.2, 0) is 20.8 Å². The maximum absolute atomic E-state index is 13.7. The van der Waals surface area contributed by atoms with Crippen LogP contribution in [0.15, 0.2) is 30.3 Å². The van der Waals surface area contributed by atoms with E-state index in [1.54, 1.807) is 24.3 Å². The number of alkyl halides is 3. The van der Waals surface area contributed by atoms with Gasteiger partial charge in [-0.15, -0.1) is 24.7 Å². The zero-order chi connectivity index (χ0) is 35.7. The van der Waals surface area contributed by atoms with E-state index in [0.717, 1.165) is 42.6 Å². The van der Waals surface area contributed by atoms with Crippen molar-refractivity contribution in [2.75, 3.05) is 33.7 Å². The Hall–Kier alpha value is -3.58. The van der Waals surface area contributed by atoms with Crippen molar-refractivity contribution in [1.82, 2.24) is 20.4 Å². The molecule has 5 atom stereocenters. The topological polar surface area (TPSA) is 122 Å². The second-order valence-corrected chi connectivity index (χ2v) is 12.9. The van der Waals surface area contributed by atoms with Crippen LogP contribution in [0.4, 0.5) is 13.2 Å². The molecular formula is C36H51F3N4O5. The highest BCUT2D eigenvalue weighted by Crippen LogP contribution is 2.29. The van der Waals surface area contributed by atoms with E-state index in [9.17, 15) is 37.8 Å². The number of terminal acetylenes is 2. The maximum atomic E-state index is 13.7. The van der Waals surface area contributed by atoms with E-state index in [-0.39, 0.29) is 51.1 Å². The first-order chi connectivity index (χ1) is 22.7. The average molecular weight is 677 g/mol. The Morgan fingerprint density at radius 1 is 0.979 bits per heavy atom. The van der Waals surface area contributed by atoms with Crippen LogP contribution in [0.2, 0.25) is 0 Å². The molecule has 4 N–H and O–H groups in total. The minimum absolute atomic E-state index is 0.0190. The molecule has 0 radical (unpaired) electrons. The van der Waals surface area contributed by atoms with E-state index in [1.807, 2.05) is 6.07 Å². The quantitative estimate of drug-likeness (QED) is 0.167. The van der Waals surface area contributed by atoms with Gasteiger partial charge in [0.05, 0.1) is 24.6 Å². The number of nitrogens with one attached hydrogen (secondary N) is 2. The molecule has 2 rings (SSSR count). The zero-order valence-electron chi connectivity index (χ0n) is 28.1. The van der Waals surface area contributed by atoms with Crippen molar-refractivity contribution in [1.29, 1.82) is 0 Å². The van der Waals surface area contributed by atoms with E-state index < -0.39 is 60.7 Å². The highest BCUT2D eigenvalue weighted by molar-refractivity contribution is 5.91. The van der Waals surface area contributed by atoms with Crippen LogP contribution in [0, 0.1) is 36.5 Å². The number of nitrogens with zero attached hydrogens (tertiary/aromatic N) is 2. The van der Waals surface area contributed by atoms with Crippen molar-refractivity contribution in [3.05, 3.63) is 35.9 Å². The first-order valence-corrected chi connectivity index (χ1v) is 16.6. The number of benzene rings is 1. The van der Waals surface area contributed by atoms with Crippen LogP contribution in [0.25, 0.3) is 0 Å². The Kier molecular flexibility index (Phi) is 17.5. The molecule has 1 aromatic carbocycles. The SMILES string of the molecule is C#CCC[C@H](O)[C@H](O)[C@H](CC1CCCCC1)NC(=O)[C@H](CC#C)NC(=O)[C@@H](CC(=O)N(C)CCN(C)CC(F)(F)F)Cc1ccccc1. The summed E-state index contributed by atoms with van der Waals surface area (Å²) in [6.45, 7) is -1.12. The molecule has 1 saturated carbocycles. The molecule has 0 aromatic heterocycles. The fourth-order valence-corrected chi connectivity index (χ4v) is 5.99. The van der Waals surface area contributed by atoms with Crippen molar-refractivity contribution in [2.24, 2.45) is 11.8 Å². The Morgan fingerprint density at radius 2 is 1.65 bits per heavy atom. The van der Waals surface area contributed by atoms with E-state index in [2.05, 4.69) is 22.5 Å². The molecule has 0 unspecified atom stereocenters. The Bertz CT molecular complexity index is 1230. The van der Waals surface area contributed by atoms with Crippen LogP contribution in [0.5, 0.6) is 0 Å². The molecule has 1 aliphatic rings. The zero-order valence-corrected chi connectivity index (χ0v) is 28.1. The molecule has 0 aliphatic heterocycles. The molecule has 1 aliphatic carbocycles. The van der Waals surface area contributed by atoms with Gasteiger partial charge in [0.15, 0.2) is 0 Å². The predicted molar refractivity (Wildman–Crippen MR) is 178 cm³/mol. The minimum atomic E-state index is -4.37. The highest BCUT2D eigenvalue weighted by Gasteiger charge is 2.34. The third kappa shape index (κ3) is 15.1. The summed E-state index contributed by atoms with van der Waals surface area (Å²) in [5.41, 5.74) is 0.771. The normalized spacial score (nSPS) is 16.9. The number of carbonyl (C=O) groups excluding carboxylic acids is 3. The van der Waals surface area contributed by atoms with Crippen LogP contribution >= 0.6 is 0 Å². The van der Waals surface area contributed by atoms with Gasteiger partial charge in [-0.2, -0.15) is 13.2 Å². The highest BCUT2D eigenvalue weighted by atomic mass is 19.4. The fourth-order valence-electron chi connectivity index (χ4n) is 5.99. The number of amides is 3. The number of halogens is 3. The lowest BCUT2D eigenvalue weighted by Crippen LogP contribution is -2.56. The summed E-state index contributed by atoms with van der Waals surface area (Å²) in [5.74, 6) is 2.51. The molecule has 0 bridgehead atoms. The average Bonchev–Trinajstić information content (AvgIpc) is 3.04. The van der Waals surface area contributed by atoms with Crippen molar-refractivity contribution >= 4 is 17.7 Å². The second-order valence-electron chi connectivity index (χ2n) is 12.9. The largest absolute Gasteiger partial charge is 0.401 e. The van der Waals surface area contributed by atoms with Crippen LogP contribution < -0.4 is 10.6 Å². The predicted octanol–water partition coefficient (Wildman–Crippen LogP) is 3.29. The van der Waals surface area contributed by atoms with Crippen LogP contribution in [-0.4, -0.2) is 102 Å². The summed E-state index contributed by atoms with van der Waals surface area (Å²) in [6.07, 6.45) is 9.74. The number of likely N-dealkylation sites (N-methyl/N-ethyl adjacent to an activating group) is 2. The van der Waals surface area contributed by atoms with Crippen molar-refractivity contribution in [2.45, 2.75) is 101 Å². The lowest BCUT2D eigenvalue weighted by atomic mass is 9.82. The third-order valence-corrected chi connectivity index (χ3v) is 8.79. The van der Waals surface area contributed by atoms with Crippen molar-refractivity contribution in [3.8, 4) is 24.7 Å². The molecule has 1 aromatic rings. The lowest BCUT2D eigenvalue weighted by Gasteiger charge is -2.33. The molecular weight excluding hydrogens is 625 g/mol. The number of hydrogen-bond acceptors (Lipinski definition) is 6. The second kappa shape index (κ2) is 20.7. The van der Waals surface area contributed by atoms with Gasteiger partial charge in [-0.05, 0) is 37.8 Å². The first kappa shape index (κ1) is 40.6. The maximum Gasteiger partial charge on any atom is 0.401 e. The van der Waals surface area contributed by atoms with Gasteiger partial charge in [0.25, 0.3) is 0 Å². The number of carbonyl (C=O) groups is 3. The van der Waals surface area contributed by atoms with Gasteiger partial charge in [-0.3, -0.25) is 19.3 Å². The summed E-state index contributed by atoms with van der Waals surface area (Å²) in [4.78, 5) is 42.8. The van der Waals surface area contributed by atoms with E-state index in [0.29, 0.717) is 6.42 Å². The Morgan fingerprint density at radius 3 is 2.25 bits per heavy atom. The summed E-state index contributed by atoms with van der Waals surface area (Å²) in [5, 5.41) is 27.2. The van der Waals surface area contributed by atoms with Gasteiger partial charge in [-0.1, -0.05) is 62.4 Å². The standard InChI is InChI=1S/C36H51F3N4O5/c1-5-7-19-31(44)33(46)30(23-27-17-12-9-13-18-27)41-35(48)29(14-6-2)40-34(47)28(22-26-15-10-8-11-16-26)24-32(45)43(4)21-20-42(3)25-36(37,38)39/h1-2,8,10-11,15-16,27-31,33,44,46H,7,9,12-14,17-25H2,3-4H3,(H,40,47)(H,41,48)/t28-,29+,30+,31+,33-/m1/s1. The van der Waals surface area contributed by atoms with Gasteiger partial charge >= 0.3 is 6.18 Å². The van der Waals surface area contributed by atoms with Gasteiger partial charge in [0, 0.05) is 39.4 Å². The Balaban J connectivity index is 2.19. The Labute approximate surface area is 283 Å². The molecule has 266 valence electrons. The minimum Gasteiger partial charge on any atom is -0.390 e. The monoisotopic (exact) mass is 676 g/mol. The van der Waals surface area contributed by atoms with Gasteiger partial charge in [0.1, 0.15) is 12.1 Å². The number of rotatable bonds is 19. The molecule has 0 spiro atoms. The fraction of sp³-hybridized carbons (Fsp3) is 0.639. The first-order valence-electron chi connectivity index (χ1n) is 16.6. The molecule has 0 saturated heterocycles. The summed E-state index contributed by atoms with van der Waals surface area (Å²) < 4.78 is 38.2. The molecule has 0 heterocycles. The summed E-state index contributed by atoms with van der Waals surface area (Å²) in [7, 11) is 2.77. The lowest BCUT2D eigenvalue weighted by molar-refractivity contribution is -0.144.